The highest BCUT2D eigenvalue weighted by molar-refractivity contribution is 5.87. The lowest BCUT2D eigenvalue weighted by Crippen LogP contribution is -2.58. The first-order valence-electron chi connectivity index (χ1n) is 8.48. The number of amides is 1. The van der Waals surface area contributed by atoms with Crippen LogP contribution in [0.25, 0.3) is 0 Å². The molecular formula is C18H25F4NO2. The molecule has 0 saturated heterocycles. The van der Waals surface area contributed by atoms with Gasteiger partial charge in [-0.15, -0.1) is 0 Å². The van der Waals surface area contributed by atoms with Crippen molar-refractivity contribution in [2.45, 2.75) is 57.5 Å². The average Bonchev–Trinajstić information content (AvgIpc) is 2.59. The number of benzene rings is 1. The molecule has 0 unspecified atom stereocenters. The molecule has 3 nitrogen and oxygen atoms in total. The van der Waals surface area contributed by atoms with Crippen molar-refractivity contribution in [3.05, 3.63) is 35.9 Å². The van der Waals surface area contributed by atoms with E-state index < -0.39 is 23.9 Å². The van der Waals surface area contributed by atoms with Gasteiger partial charge in [0, 0.05) is 13.1 Å². The van der Waals surface area contributed by atoms with E-state index in [1.54, 1.807) is 0 Å². The van der Waals surface area contributed by atoms with E-state index >= 15 is 4.39 Å². The number of nitrogens with zero attached hydrogens (tertiary/aromatic N) is 1. The molecule has 2 atom stereocenters. The number of aliphatic hydroxyl groups is 1. The van der Waals surface area contributed by atoms with Crippen molar-refractivity contribution >= 4 is 5.91 Å². The fourth-order valence-corrected chi connectivity index (χ4v) is 2.50. The second-order valence-electron chi connectivity index (χ2n) is 6.02. The second-order valence-corrected chi connectivity index (χ2v) is 6.02. The number of halogens is 4. The Balaban J connectivity index is 3.24. The van der Waals surface area contributed by atoms with Crippen LogP contribution in [0, 0.1) is 0 Å². The van der Waals surface area contributed by atoms with Crippen molar-refractivity contribution in [3.8, 4) is 0 Å². The Bertz CT molecular complexity index is 528. The van der Waals surface area contributed by atoms with Crippen molar-refractivity contribution in [2.24, 2.45) is 0 Å². The second kappa shape index (κ2) is 9.17. The van der Waals surface area contributed by atoms with Gasteiger partial charge in [-0.05, 0) is 18.4 Å². The number of aliphatic hydroxyl groups excluding tert-OH is 1. The number of hydrogen-bond acceptors (Lipinski definition) is 2. The van der Waals surface area contributed by atoms with Gasteiger partial charge in [0.05, 0.1) is 0 Å². The highest BCUT2D eigenvalue weighted by atomic mass is 19.4. The summed E-state index contributed by atoms with van der Waals surface area (Å²) in [5.41, 5.74) is -4.67. The van der Waals surface area contributed by atoms with E-state index in [-0.39, 0.29) is 18.7 Å². The van der Waals surface area contributed by atoms with Crippen LogP contribution in [0.5, 0.6) is 0 Å². The lowest BCUT2D eigenvalue weighted by molar-refractivity contribution is -0.258. The standard InChI is InChI=1S/C18H25F4NO2/c1-3-5-12-23(13-6-4-2)16(25)17(19,18(20,21)22)15(24)14-10-8-7-9-11-14/h7-11,15,24H,3-6,12-13H2,1-2H3/t15-,17-/m1/s1. The van der Waals surface area contributed by atoms with Gasteiger partial charge in [0.1, 0.15) is 6.10 Å². The number of alkyl halides is 4. The smallest absolute Gasteiger partial charge is 0.384 e. The average molecular weight is 363 g/mol. The molecule has 0 aliphatic heterocycles. The van der Waals surface area contributed by atoms with E-state index in [1.807, 2.05) is 13.8 Å². The van der Waals surface area contributed by atoms with E-state index in [9.17, 15) is 23.1 Å². The molecule has 1 aromatic carbocycles. The molecule has 0 aromatic heterocycles. The summed E-state index contributed by atoms with van der Waals surface area (Å²) in [4.78, 5) is 13.4. The Morgan fingerprint density at radius 2 is 1.52 bits per heavy atom. The third-order valence-corrected chi connectivity index (χ3v) is 4.07. The fraction of sp³-hybridized carbons (Fsp3) is 0.611. The molecule has 0 radical (unpaired) electrons. The van der Waals surface area contributed by atoms with Gasteiger partial charge in [-0.25, -0.2) is 4.39 Å². The van der Waals surface area contributed by atoms with Crippen LogP contribution in [0.4, 0.5) is 17.6 Å². The fourth-order valence-electron chi connectivity index (χ4n) is 2.50. The zero-order chi connectivity index (χ0) is 19.1. The lowest BCUT2D eigenvalue weighted by atomic mass is 9.90. The Morgan fingerprint density at radius 1 is 1.04 bits per heavy atom. The third-order valence-electron chi connectivity index (χ3n) is 4.07. The summed E-state index contributed by atoms with van der Waals surface area (Å²) in [6, 6.07) is 6.62. The maximum Gasteiger partial charge on any atom is 0.434 e. The molecule has 1 N–H and O–H groups in total. The van der Waals surface area contributed by atoms with E-state index in [1.165, 1.54) is 30.3 Å². The van der Waals surface area contributed by atoms with Crippen LogP contribution in [0.3, 0.4) is 0 Å². The summed E-state index contributed by atoms with van der Waals surface area (Å²) in [5, 5.41) is 10.1. The van der Waals surface area contributed by atoms with E-state index in [0.29, 0.717) is 25.7 Å². The summed E-state index contributed by atoms with van der Waals surface area (Å²) in [7, 11) is 0. The molecule has 0 heterocycles. The molecule has 0 saturated carbocycles. The molecule has 0 spiro atoms. The molecule has 1 rings (SSSR count). The minimum absolute atomic E-state index is 0.0264. The van der Waals surface area contributed by atoms with Crippen LogP contribution in [0.15, 0.2) is 30.3 Å². The molecule has 142 valence electrons. The quantitative estimate of drug-likeness (QED) is 0.660. The molecular weight excluding hydrogens is 338 g/mol. The lowest BCUT2D eigenvalue weighted by Gasteiger charge is -2.36. The summed E-state index contributed by atoms with van der Waals surface area (Å²) in [6.45, 7) is 3.71. The number of hydrogen-bond donors (Lipinski definition) is 1. The zero-order valence-electron chi connectivity index (χ0n) is 14.5. The van der Waals surface area contributed by atoms with Gasteiger partial charge in [-0.2, -0.15) is 13.2 Å². The van der Waals surface area contributed by atoms with Gasteiger partial charge in [0.25, 0.3) is 5.91 Å². The summed E-state index contributed by atoms with van der Waals surface area (Å²) in [6.07, 6.45) is -5.91. The molecule has 0 aliphatic carbocycles. The zero-order valence-corrected chi connectivity index (χ0v) is 14.5. The predicted octanol–water partition coefficient (Wildman–Crippen LogP) is 4.42. The van der Waals surface area contributed by atoms with Crippen LogP contribution in [0.1, 0.15) is 51.2 Å². The molecule has 25 heavy (non-hydrogen) atoms. The Kier molecular flexibility index (Phi) is 7.86. The number of unbranched alkanes of at least 4 members (excludes halogenated alkanes) is 2. The minimum Gasteiger partial charge on any atom is -0.384 e. The van der Waals surface area contributed by atoms with Gasteiger partial charge < -0.3 is 10.0 Å². The van der Waals surface area contributed by atoms with Gasteiger partial charge in [0.15, 0.2) is 0 Å². The normalized spacial score (nSPS) is 15.5. The van der Waals surface area contributed by atoms with Gasteiger partial charge >= 0.3 is 11.8 Å². The maximum absolute atomic E-state index is 15.1. The van der Waals surface area contributed by atoms with Crippen molar-refractivity contribution in [1.82, 2.24) is 4.90 Å². The first kappa shape index (κ1) is 21.4. The highest BCUT2D eigenvalue weighted by Gasteiger charge is 2.67. The molecule has 0 aliphatic rings. The predicted molar refractivity (Wildman–Crippen MR) is 87.7 cm³/mol. The number of rotatable bonds is 9. The maximum atomic E-state index is 15.1. The monoisotopic (exact) mass is 363 g/mol. The molecule has 7 heteroatoms. The van der Waals surface area contributed by atoms with Crippen molar-refractivity contribution in [1.29, 1.82) is 0 Å². The molecule has 1 aromatic rings. The summed E-state index contributed by atoms with van der Waals surface area (Å²) < 4.78 is 55.6. The van der Waals surface area contributed by atoms with Gasteiger partial charge in [0.2, 0.25) is 0 Å². The summed E-state index contributed by atoms with van der Waals surface area (Å²) in [5.74, 6) is -1.72. The topological polar surface area (TPSA) is 40.5 Å². The van der Waals surface area contributed by atoms with Gasteiger partial charge in [-0.3, -0.25) is 4.79 Å². The number of carbonyl (C=O) groups excluding carboxylic acids is 1. The van der Waals surface area contributed by atoms with Crippen molar-refractivity contribution in [2.75, 3.05) is 13.1 Å². The van der Waals surface area contributed by atoms with Crippen LogP contribution in [-0.4, -0.2) is 40.8 Å². The van der Waals surface area contributed by atoms with Gasteiger partial charge in [-0.1, -0.05) is 57.0 Å². The van der Waals surface area contributed by atoms with E-state index in [2.05, 4.69) is 0 Å². The third kappa shape index (κ3) is 4.93. The van der Waals surface area contributed by atoms with E-state index in [0.717, 1.165) is 4.90 Å². The molecule has 0 bridgehead atoms. The van der Waals surface area contributed by atoms with Crippen molar-refractivity contribution < 1.29 is 27.5 Å². The first-order chi connectivity index (χ1) is 11.7. The Hall–Kier alpha value is -1.63. The van der Waals surface area contributed by atoms with Crippen LogP contribution in [0.2, 0.25) is 0 Å². The minimum atomic E-state index is -5.53. The van der Waals surface area contributed by atoms with Crippen LogP contribution >= 0.6 is 0 Å². The Morgan fingerprint density at radius 3 is 1.92 bits per heavy atom. The highest BCUT2D eigenvalue weighted by Crippen LogP contribution is 2.44. The SMILES string of the molecule is CCCCN(CCCC)C(=O)[C@](F)([C@H](O)c1ccccc1)C(F)(F)F. The van der Waals surface area contributed by atoms with Crippen LogP contribution in [-0.2, 0) is 4.79 Å². The van der Waals surface area contributed by atoms with E-state index in [4.69, 9.17) is 0 Å². The first-order valence-corrected chi connectivity index (χ1v) is 8.48. The van der Waals surface area contributed by atoms with Crippen LogP contribution < -0.4 is 0 Å². The molecule has 0 fully saturated rings. The Labute approximate surface area is 145 Å². The summed E-state index contributed by atoms with van der Waals surface area (Å²) >= 11 is 0. The van der Waals surface area contributed by atoms with Crippen molar-refractivity contribution in [3.63, 3.8) is 0 Å². The molecule has 1 amide bonds. The largest absolute Gasteiger partial charge is 0.434 e. The number of carbonyl (C=O) groups is 1.